The smallest absolute Gasteiger partial charge is 0.220 e. The molecule has 0 saturated carbocycles. The summed E-state index contributed by atoms with van der Waals surface area (Å²) in [5, 5.41) is 3.56. The molecule has 2 rings (SSSR count). The maximum atomic E-state index is 11.6. The van der Waals surface area contributed by atoms with E-state index in [4.69, 9.17) is 16.0 Å². The van der Waals surface area contributed by atoms with E-state index in [-0.39, 0.29) is 5.91 Å². The predicted octanol–water partition coefficient (Wildman–Crippen LogP) is 3.84. The summed E-state index contributed by atoms with van der Waals surface area (Å²) in [6, 6.07) is 7.37. The SMILES string of the molecule is CCCCNC(=O)CCc1ncc(-c2ccc(Cl)cc2)o1. The maximum absolute atomic E-state index is 11.6. The van der Waals surface area contributed by atoms with Crippen molar-refractivity contribution >= 4 is 17.5 Å². The Morgan fingerprint density at radius 2 is 2.10 bits per heavy atom. The molecule has 0 radical (unpaired) electrons. The Morgan fingerprint density at radius 3 is 2.81 bits per heavy atom. The molecule has 1 amide bonds. The third-order valence-corrected chi connectivity index (χ3v) is 3.35. The average Bonchev–Trinajstić information content (AvgIpc) is 2.95. The van der Waals surface area contributed by atoms with Crippen LogP contribution in [0, 0.1) is 0 Å². The van der Waals surface area contributed by atoms with Crippen LogP contribution in [0.4, 0.5) is 0 Å². The molecule has 0 aliphatic rings. The molecule has 1 N–H and O–H groups in total. The Labute approximate surface area is 129 Å². The highest BCUT2D eigenvalue weighted by atomic mass is 35.5. The normalized spacial score (nSPS) is 10.6. The highest BCUT2D eigenvalue weighted by Crippen LogP contribution is 2.22. The minimum absolute atomic E-state index is 0.0368. The van der Waals surface area contributed by atoms with Gasteiger partial charge in [0.1, 0.15) is 0 Å². The van der Waals surface area contributed by atoms with Gasteiger partial charge >= 0.3 is 0 Å². The van der Waals surface area contributed by atoms with Crippen LogP contribution in [0.25, 0.3) is 11.3 Å². The fourth-order valence-corrected chi connectivity index (χ4v) is 2.01. The number of amides is 1. The number of benzene rings is 1. The maximum Gasteiger partial charge on any atom is 0.220 e. The third kappa shape index (κ3) is 4.90. The molecule has 0 aliphatic carbocycles. The van der Waals surface area contributed by atoms with Gasteiger partial charge in [-0.15, -0.1) is 0 Å². The highest BCUT2D eigenvalue weighted by Gasteiger charge is 2.08. The lowest BCUT2D eigenvalue weighted by molar-refractivity contribution is -0.121. The summed E-state index contributed by atoms with van der Waals surface area (Å²) < 4.78 is 5.65. The molecule has 112 valence electrons. The number of rotatable bonds is 7. The van der Waals surface area contributed by atoms with Crippen LogP contribution < -0.4 is 5.32 Å². The summed E-state index contributed by atoms with van der Waals surface area (Å²) in [7, 11) is 0. The monoisotopic (exact) mass is 306 g/mol. The fraction of sp³-hybridized carbons (Fsp3) is 0.375. The highest BCUT2D eigenvalue weighted by molar-refractivity contribution is 6.30. The van der Waals surface area contributed by atoms with E-state index in [0.717, 1.165) is 24.9 Å². The van der Waals surface area contributed by atoms with E-state index in [1.165, 1.54) is 0 Å². The van der Waals surface area contributed by atoms with Crippen LogP contribution in [-0.2, 0) is 11.2 Å². The molecule has 1 aromatic heterocycles. The number of aromatic nitrogens is 1. The molecular weight excluding hydrogens is 288 g/mol. The number of carbonyl (C=O) groups is 1. The second-order valence-electron chi connectivity index (χ2n) is 4.83. The second kappa shape index (κ2) is 7.84. The number of nitrogens with zero attached hydrogens (tertiary/aromatic N) is 1. The molecule has 0 saturated heterocycles. The van der Waals surface area contributed by atoms with E-state index >= 15 is 0 Å². The Hall–Kier alpha value is -1.81. The van der Waals surface area contributed by atoms with Gasteiger partial charge in [-0.05, 0) is 30.7 Å². The zero-order valence-corrected chi connectivity index (χ0v) is 12.8. The molecule has 4 nitrogen and oxygen atoms in total. The minimum atomic E-state index is 0.0368. The van der Waals surface area contributed by atoms with Gasteiger partial charge in [0.15, 0.2) is 11.7 Å². The van der Waals surface area contributed by atoms with Crippen molar-refractivity contribution in [3.8, 4) is 11.3 Å². The number of nitrogens with one attached hydrogen (secondary N) is 1. The van der Waals surface area contributed by atoms with E-state index in [2.05, 4.69) is 17.2 Å². The molecule has 0 fully saturated rings. The number of unbranched alkanes of at least 4 members (excludes halogenated alkanes) is 1. The van der Waals surface area contributed by atoms with Gasteiger partial charge in [0.25, 0.3) is 0 Å². The summed E-state index contributed by atoms with van der Waals surface area (Å²) in [6.07, 6.45) is 4.65. The first kappa shape index (κ1) is 15.6. The van der Waals surface area contributed by atoms with E-state index in [1.54, 1.807) is 18.3 Å². The topological polar surface area (TPSA) is 55.1 Å². The molecule has 21 heavy (non-hydrogen) atoms. The molecule has 0 atom stereocenters. The van der Waals surface area contributed by atoms with Gasteiger partial charge in [0.2, 0.25) is 5.91 Å². The summed E-state index contributed by atoms with van der Waals surface area (Å²) in [6.45, 7) is 2.83. The zero-order chi connectivity index (χ0) is 15.1. The number of hydrogen-bond donors (Lipinski definition) is 1. The number of halogens is 1. The lowest BCUT2D eigenvalue weighted by atomic mass is 10.2. The Bertz CT molecular complexity index is 578. The minimum Gasteiger partial charge on any atom is -0.441 e. The summed E-state index contributed by atoms with van der Waals surface area (Å²) >= 11 is 5.85. The predicted molar refractivity (Wildman–Crippen MR) is 83.2 cm³/mol. The van der Waals surface area contributed by atoms with Gasteiger partial charge in [0.05, 0.1) is 6.20 Å². The Kier molecular flexibility index (Phi) is 5.81. The van der Waals surface area contributed by atoms with Gasteiger partial charge in [-0.25, -0.2) is 4.98 Å². The van der Waals surface area contributed by atoms with Gasteiger partial charge in [-0.2, -0.15) is 0 Å². The number of hydrogen-bond acceptors (Lipinski definition) is 3. The molecule has 0 spiro atoms. The lowest BCUT2D eigenvalue weighted by Crippen LogP contribution is -2.24. The third-order valence-electron chi connectivity index (χ3n) is 3.10. The molecule has 1 aromatic carbocycles. The lowest BCUT2D eigenvalue weighted by Gasteiger charge is -2.02. The van der Waals surface area contributed by atoms with Crippen LogP contribution >= 0.6 is 11.6 Å². The van der Waals surface area contributed by atoms with Gasteiger partial charge in [-0.3, -0.25) is 4.79 Å². The fourth-order valence-electron chi connectivity index (χ4n) is 1.89. The van der Waals surface area contributed by atoms with Crippen LogP contribution in [0.1, 0.15) is 32.1 Å². The number of aryl methyl sites for hydroxylation is 1. The average molecular weight is 307 g/mol. The van der Waals surface area contributed by atoms with Crippen LogP contribution in [0.2, 0.25) is 5.02 Å². The standard InChI is InChI=1S/C16H19ClN2O2/c1-2-3-10-18-15(20)8-9-16-19-11-14(21-16)12-4-6-13(17)7-5-12/h4-7,11H,2-3,8-10H2,1H3,(H,18,20). The molecule has 5 heteroatoms. The number of carbonyl (C=O) groups excluding carboxylic acids is 1. The molecule has 1 heterocycles. The second-order valence-corrected chi connectivity index (χ2v) is 5.27. The first-order valence-electron chi connectivity index (χ1n) is 7.16. The van der Waals surface area contributed by atoms with Crippen molar-refractivity contribution < 1.29 is 9.21 Å². The van der Waals surface area contributed by atoms with Crippen LogP contribution in [-0.4, -0.2) is 17.4 Å². The summed E-state index contributed by atoms with van der Waals surface area (Å²) in [5.74, 6) is 1.30. The summed E-state index contributed by atoms with van der Waals surface area (Å²) in [5.41, 5.74) is 0.922. The van der Waals surface area contributed by atoms with Crippen LogP contribution in [0.5, 0.6) is 0 Å². The van der Waals surface area contributed by atoms with E-state index in [0.29, 0.717) is 29.5 Å². The molecule has 0 bridgehead atoms. The van der Waals surface area contributed by atoms with E-state index in [9.17, 15) is 4.79 Å². The molecule has 0 unspecified atom stereocenters. The zero-order valence-electron chi connectivity index (χ0n) is 12.1. The Balaban J connectivity index is 1.86. The van der Waals surface area contributed by atoms with Crippen molar-refractivity contribution in [3.05, 3.63) is 41.4 Å². The van der Waals surface area contributed by atoms with Gasteiger partial charge < -0.3 is 9.73 Å². The number of oxazole rings is 1. The first-order chi connectivity index (χ1) is 10.2. The van der Waals surface area contributed by atoms with Gasteiger partial charge in [-0.1, -0.05) is 24.9 Å². The molecular formula is C16H19ClN2O2. The van der Waals surface area contributed by atoms with E-state index < -0.39 is 0 Å². The Morgan fingerprint density at radius 1 is 1.33 bits per heavy atom. The quantitative estimate of drug-likeness (QED) is 0.791. The van der Waals surface area contributed by atoms with Gasteiger partial charge in [0, 0.05) is 30.0 Å². The van der Waals surface area contributed by atoms with E-state index in [1.807, 2.05) is 12.1 Å². The van der Waals surface area contributed by atoms with Crippen LogP contribution in [0.3, 0.4) is 0 Å². The summed E-state index contributed by atoms with van der Waals surface area (Å²) in [4.78, 5) is 15.8. The van der Waals surface area contributed by atoms with Crippen LogP contribution in [0.15, 0.2) is 34.9 Å². The van der Waals surface area contributed by atoms with Crippen molar-refractivity contribution in [3.63, 3.8) is 0 Å². The van der Waals surface area contributed by atoms with Crippen molar-refractivity contribution in [2.24, 2.45) is 0 Å². The molecule has 2 aromatic rings. The van der Waals surface area contributed by atoms with Crippen molar-refractivity contribution in [2.45, 2.75) is 32.6 Å². The van der Waals surface area contributed by atoms with Crippen molar-refractivity contribution in [2.75, 3.05) is 6.54 Å². The van der Waals surface area contributed by atoms with Crippen molar-refractivity contribution in [1.82, 2.24) is 10.3 Å². The molecule has 0 aliphatic heterocycles. The first-order valence-corrected chi connectivity index (χ1v) is 7.54. The largest absolute Gasteiger partial charge is 0.441 e. The van der Waals surface area contributed by atoms with Crippen molar-refractivity contribution in [1.29, 1.82) is 0 Å².